The van der Waals surface area contributed by atoms with E-state index in [2.05, 4.69) is 39.4 Å². The zero-order valence-electron chi connectivity index (χ0n) is 19.2. The van der Waals surface area contributed by atoms with Crippen LogP contribution in [0.1, 0.15) is 69.3 Å². The predicted octanol–water partition coefficient (Wildman–Crippen LogP) is 6.25. The van der Waals surface area contributed by atoms with Crippen molar-refractivity contribution in [1.29, 1.82) is 0 Å². The van der Waals surface area contributed by atoms with Crippen LogP contribution in [0.3, 0.4) is 0 Å². The van der Waals surface area contributed by atoms with Gasteiger partial charge in [-0.1, -0.05) is 97.2 Å². The lowest BCUT2D eigenvalue weighted by molar-refractivity contribution is 0.0407. The number of rotatable bonds is 5. The summed E-state index contributed by atoms with van der Waals surface area (Å²) in [5, 5.41) is 4.46. The number of benzene rings is 1. The Labute approximate surface area is 219 Å². The molecule has 2 aliphatic heterocycles. The molecule has 4 nitrogen and oxygen atoms in total. The van der Waals surface area contributed by atoms with Crippen LogP contribution in [-0.4, -0.2) is 63.3 Å². The summed E-state index contributed by atoms with van der Waals surface area (Å²) < 4.78 is 4.46. The Morgan fingerprint density at radius 1 is 0.939 bits per heavy atom. The molecule has 3 unspecified atom stereocenters. The fourth-order valence-corrected chi connectivity index (χ4v) is 6.56. The molecule has 0 spiro atoms. The number of halogens is 3. The van der Waals surface area contributed by atoms with Crippen molar-refractivity contribution in [2.45, 2.75) is 85.7 Å². The highest BCUT2D eigenvalue weighted by atomic mass is 35.6. The van der Waals surface area contributed by atoms with Gasteiger partial charge in [0.1, 0.15) is 6.17 Å². The fourth-order valence-electron chi connectivity index (χ4n) is 5.58. The predicted molar refractivity (Wildman–Crippen MR) is 142 cm³/mol. The highest BCUT2D eigenvalue weighted by molar-refractivity contribution is 7.80. The first-order chi connectivity index (χ1) is 15.9. The van der Waals surface area contributed by atoms with E-state index in [0.717, 1.165) is 37.7 Å². The second kappa shape index (κ2) is 12.1. The van der Waals surface area contributed by atoms with Crippen molar-refractivity contribution < 1.29 is 4.74 Å². The number of nitrogens with one attached hydrogen (secondary N) is 1. The molecule has 2 saturated heterocycles. The van der Waals surface area contributed by atoms with Crippen molar-refractivity contribution >= 4 is 52.1 Å². The maximum atomic E-state index is 6.56. The molecule has 4 rings (SSSR count). The van der Waals surface area contributed by atoms with Crippen LogP contribution >= 0.6 is 47.0 Å². The molecule has 2 heterocycles. The van der Waals surface area contributed by atoms with E-state index in [1.807, 2.05) is 6.07 Å². The van der Waals surface area contributed by atoms with Gasteiger partial charge in [-0.05, 0) is 43.5 Å². The molecule has 0 bridgehead atoms. The molecule has 184 valence electrons. The molecule has 1 saturated carbocycles. The van der Waals surface area contributed by atoms with E-state index in [0.29, 0.717) is 18.6 Å². The summed E-state index contributed by atoms with van der Waals surface area (Å²) in [4.78, 5) is 4.54. The van der Waals surface area contributed by atoms with Crippen LogP contribution in [0, 0.1) is 0 Å². The maximum Gasteiger partial charge on any atom is 0.223 e. The third kappa shape index (κ3) is 6.89. The molecule has 3 atom stereocenters. The average Bonchev–Trinajstić information content (AvgIpc) is 2.78. The van der Waals surface area contributed by atoms with Crippen molar-refractivity contribution in [1.82, 2.24) is 15.1 Å². The number of alkyl halides is 3. The van der Waals surface area contributed by atoms with Gasteiger partial charge >= 0.3 is 0 Å². The van der Waals surface area contributed by atoms with Crippen molar-refractivity contribution in [3.63, 3.8) is 0 Å². The van der Waals surface area contributed by atoms with Crippen LogP contribution in [-0.2, 0) is 4.74 Å². The molecular weight excluding hydrogens is 497 g/mol. The lowest BCUT2D eigenvalue weighted by Crippen LogP contribution is -2.65. The molecular formula is C25H36Cl3N3OS. The number of hydrogen-bond donors (Lipinski definition) is 1. The highest BCUT2D eigenvalue weighted by Gasteiger charge is 2.43. The molecule has 1 aromatic rings. The van der Waals surface area contributed by atoms with Gasteiger partial charge in [0, 0.05) is 31.1 Å². The quantitative estimate of drug-likeness (QED) is 0.357. The first kappa shape index (κ1) is 25.8. The number of nitrogens with zero attached hydrogens (tertiary/aromatic N) is 2. The third-order valence-electron chi connectivity index (χ3n) is 7.30. The molecule has 1 N–H and O–H groups in total. The van der Waals surface area contributed by atoms with Crippen LogP contribution < -0.4 is 5.32 Å². The lowest BCUT2D eigenvalue weighted by Gasteiger charge is -2.49. The number of hydrogen-bond acceptors (Lipinski definition) is 3. The van der Waals surface area contributed by atoms with E-state index in [4.69, 9.17) is 51.8 Å². The van der Waals surface area contributed by atoms with Crippen molar-refractivity contribution in [2.75, 3.05) is 26.3 Å². The molecule has 3 fully saturated rings. The van der Waals surface area contributed by atoms with E-state index in [1.165, 1.54) is 50.5 Å². The fraction of sp³-hybridized carbons (Fsp3) is 0.720. The summed E-state index contributed by atoms with van der Waals surface area (Å²) in [6.45, 7) is 3.12. The van der Waals surface area contributed by atoms with Crippen LogP contribution in [0.2, 0.25) is 0 Å². The topological polar surface area (TPSA) is 27.7 Å². The largest absolute Gasteiger partial charge is 0.379 e. The van der Waals surface area contributed by atoms with Gasteiger partial charge in [-0.15, -0.1) is 0 Å². The zero-order chi connectivity index (χ0) is 23.3. The van der Waals surface area contributed by atoms with Gasteiger partial charge in [-0.3, -0.25) is 5.32 Å². The number of thiocarbonyl (C=S) groups is 1. The van der Waals surface area contributed by atoms with E-state index < -0.39 is 9.96 Å². The van der Waals surface area contributed by atoms with Crippen molar-refractivity contribution in [3.05, 3.63) is 35.9 Å². The SMILES string of the molecule is S=C1N(C2CCCCCCC2)CCCN1C(NC1COCC(c2ccccc2)C1)C(Cl)(Cl)Cl. The Balaban J connectivity index is 1.45. The van der Waals surface area contributed by atoms with Crippen LogP contribution in [0.5, 0.6) is 0 Å². The summed E-state index contributed by atoms with van der Waals surface area (Å²) in [6, 6.07) is 11.1. The molecule has 0 amide bonds. The molecule has 33 heavy (non-hydrogen) atoms. The van der Waals surface area contributed by atoms with Crippen LogP contribution in [0.15, 0.2) is 30.3 Å². The van der Waals surface area contributed by atoms with Gasteiger partial charge in [-0.2, -0.15) is 0 Å². The van der Waals surface area contributed by atoms with E-state index in [9.17, 15) is 0 Å². The van der Waals surface area contributed by atoms with Gasteiger partial charge in [0.05, 0.1) is 13.2 Å². The van der Waals surface area contributed by atoms with Crippen LogP contribution in [0.25, 0.3) is 0 Å². The molecule has 3 aliphatic rings. The first-order valence-electron chi connectivity index (χ1n) is 12.5. The second-order valence-electron chi connectivity index (χ2n) is 9.71. The minimum atomic E-state index is -1.51. The molecule has 8 heteroatoms. The Morgan fingerprint density at radius 3 is 2.33 bits per heavy atom. The van der Waals surface area contributed by atoms with E-state index in [-0.39, 0.29) is 6.04 Å². The number of ether oxygens (including phenoxy) is 1. The van der Waals surface area contributed by atoms with Gasteiger partial charge in [0.25, 0.3) is 0 Å². The molecule has 0 aromatic heterocycles. The Hall–Kier alpha value is -0.300. The van der Waals surface area contributed by atoms with E-state index >= 15 is 0 Å². The van der Waals surface area contributed by atoms with Crippen molar-refractivity contribution in [3.8, 4) is 0 Å². The third-order valence-corrected chi connectivity index (χ3v) is 8.39. The maximum absolute atomic E-state index is 6.56. The summed E-state index contributed by atoms with van der Waals surface area (Å²) in [7, 11) is 0. The Bertz CT molecular complexity index is 755. The summed E-state index contributed by atoms with van der Waals surface area (Å²) in [6.07, 6.45) is 10.4. The normalized spacial score (nSPS) is 27.2. The molecule has 0 radical (unpaired) electrons. The van der Waals surface area contributed by atoms with Crippen molar-refractivity contribution in [2.24, 2.45) is 0 Å². The van der Waals surface area contributed by atoms with Gasteiger partial charge in [-0.25, -0.2) is 0 Å². The van der Waals surface area contributed by atoms with Gasteiger partial charge < -0.3 is 14.5 Å². The Kier molecular flexibility index (Phi) is 9.45. The van der Waals surface area contributed by atoms with E-state index in [1.54, 1.807) is 0 Å². The first-order valence-corrected chi connectivity index (χ1v) is 14.0. The lowest BCUT2D eigenvalue weighted by atomic mass is 9.91. The average molecular weight is 533 g/mol. The summed E-state index contributed by atoms with van der Waals surface area (Å²) in [5.41, 5.74) is 1.29. The van der Waals surface area contributed by atoms with Gasteiger partial charge in [0.15, 0.2) is 5.11 Å². The standard InChI is InChI=1S/C25H36Cl3N3OS/c26-25(27,28)23(29-21-16-20(17-32-18-21)19-10-5-4-6-11-19)31-15-9-14-30(24(31)33)22-12-7-2-1-3-8-13-22/h4-6,10-11,20-23,29H,1-3,7-9,12-18H2. The second-order valence-corrected chi connectivity index (χ2v) is 12.4. The summed E-state index contributed by atoms with van der Waals surface area (Å²) in [5.74, 6) is 0.327. The monoisotopic (exact) mass is 531 g/mol. The molecule has 1 aromatic carbocycles. The smallest absolute Gasteiger partial charge is 0.223 e. The Morgan fingerprint density at radius 2 is 1.64 bits per heavy atom. The summed E-state index contributed by atoms with van der Waals surface area (Å²) >= 11 is 25.7. The minimum absolute atomic E-state index is 0.0872. The van der Waals surface area contributed by atoms with Crippen LogP contribution in [0.4, 0.5) is 0 Å². The minimum Gasteiger partial charge on any atom is -0.379 e. The highest BCUT2D eigenvalue weighted by Crippen LogP contribution is 2.36. The molecule has 1 aliphatic carbocycles. The zero-order valence-corrected chi connectivity index (χ0v) is 22.3. The van der Waals surface area contributed by atoms with Gasteiger partial charge in [0.2, 0.25) is 3.79 Å².